The molecule has 2 aliphatic rings. The SMILES string of the molecule is C1=C2c3c(cccc3-c3ccc4ccccc4c32)CC1. The average molecular weight is 254 g/mol. The quantitative estimate of drug-likeness (QED) is 0.404. The number of fused-ring (bicyclic) bond motifs is 5. The Bertz CT molecular complexity index is 897. The van der Waals surface area contributed by atoms with Crippen molar-refractivity contribution in [2.24, 2.45) is 0 Å². The first-order valence-corrected chi connectivity index (χ1v) is 7.28. The Hall–Kier alpha value is -2.34. The fourth-order valence-electron chi connectivity index (χ4n) is 3.84. The minimum absolute atomic E-state index is 1.16. The summed E-state index contributed by atoms with van der Waals surface area (Å²) in [6.07, 6.45) is 4.77. The molecular formula is C20H14. The second kappa shape index (κ2) is 3.61. The molecule has 3 aromatic carbocycles. The van der Waals surface area contributed by atoms with Gasteiger partial charge in [0.25, 0.3) is 0 Å². The van der Waals surface area contributed by atoms with Gasteiger partial charge in [-0.15, -0.1) is 0 Å². The first-order chi connectivity index (χ1) is 9.93. The molecule has 0 unspecified atom stereocenters. The molecule has 0 N–H and O–H groups in total. The Kier molecular flexibility index (Phi) is 1.88. The molecule has 2 aliphatic carbocycles. The first kappa shape index (κ1) is 10.4. The van der Waals surface area contributed by atoms with Gasteiger partial charge in [-0.1, -0.05) is 60.7 Å². The summed E-state index contributed by atoms with van der Waals surface area (Å²) in [6, 6.07) is 20.1. The maximum absolute atomic E-state index is 2.43. The van der Waals surface area contributed by atoms with Crippen molar-refractivity contribution < 1.29 is 0 Å². The van der Waals surface area contributed by atoms with Crippen LogP contribution in [0.3, 0.4) is 0 Å². The maximum Gasteiger partial charge on any atom is -0.00235 e. The number of hydrogen-bond acceptors (Lipinski definition) is 0. The van der Waals surface area contributed by atoms with E-state index in [1.807, 2.05) is 0 Å². The second-order valence-electron chi connectivity index (χ2n) is 5.71. The van der Waals surface area contributed by atoms with Gasteiger partial charge in [-0.3, -0.25) is 0 Å². The molecule has 20 heavy (non-hydrogen) atoms. The minimum Gasteiger partial charge on any atom is -0.0757 e. The summed E-state index contributed by atoms with van der Waals surface area (Å²) >= 11 is 0. The van der Waals surface area contributed by atoms with E-state index in [0.29, 0.717) is 0 Å². The molecular weight excluding hydrogens is 240 g/mol. The highest BCUT2D eigenvalue weighted by molar-refractivity contribution is 6.11. The lowest BCUT2D eigenvalue weighted by Crippen LogP contribution is -1.97. The largest absolute Gasteiger partial charge is 0.0757 e. The molecule has 0 nitrogen and oxygen atoms in total. The number of benzene rings is 3. The van der Waals surface area contributed by atoms with Crippen LogP contribution < -0.4 is 0 Å². The van der Waals surface area contributed by atoms with Crippen LogP contribution in [0, 0.1) is 0 Å². The van der Waals surface area contributed by atoms with Crippen molar-refractivity contribution in [2.75, 3.05) is 0 Å². The molecule has 0 atom stereocenters. The predicted molar refractivity (Wildman–Crippen MR) is 84.8 cm³/mol. The molecule has 0 fully saturated rings. The first-order valence-electron chi connectivity index (χ1n) is 7.28. The van der Waals surface area contributed by atoms with E-state index in [9.17, 15) is 0 Å². The van der Waals surface area contributed by atoms with E-state index in [1.165, 1.54) is 50.6 Å². The van der Waals surface area contributed by atoms with E-state index >= 15 is 0 Å². The van der Waals surface area contributed by atoms with Gasteiger partial charge in [0.1, 0.15) is 0 Å². The number of allylic oxidation sites excluding steroid dienone is 1. The van der Waals surface area contributed by atoms with Gasteiger partial charge in [0.2, 0.25) is 0 Å². The Morgan fingerprint density at radius 3 is 2.60 bits per heavy atom. The van der Waals surface area contributed by atoms with Crippen molar-refractivity contribution in [3.8, 4) is 11.1 Å². The highest BCUT2D eigenvalue weighted by Crippen LogP contribution is 2.50. The van der Waals surface area contributed by atoms with E-state index < -0.39 is 0 Å². The molecule has 0 heterocycles. The normalized spacial score (nSPS) is 14.9. The minimum atomic E-state index is 1.16. The molecule has 0 bridgehead atoms. The fourth-order valence-corrected chi connectivity index (χ4v) is 3.84. The summed E-state index contributed by atoms with van der Waals surface area (Å²) in [4.78, 5) is 0. The molecule has 0 saturated carbocycles. The van der Waals surface area contributed by atoms with Gasteiger partial charge in [-0.05, 0) is 57.0 Å². The molecule has 3 aromatic rings. The number of hydrogen-bond donors (Lipinski definition) is 0. The van der Waals surface area contributed by atoms with Crippen LogP contribution in [0.15, 0.2) is 60.7 Å². The molecule has 0 spiro atoms. The summed E-state index contributed by atoms with van der Waals surface area (Å²) in [5.41, 5.74) is 8.76. The summed E-state index contributed by atoms with van der Waals surface area (Å²) in [6.45, 7) is 0. The summed E-state index contributed by atoms with van der Waals surface area (Å²) in [5.74, 6) is 0. The molecule has 0 amide bonds. The summed E-state index contributed by atoms with van der Waals surface area (Å²) < 4.78 is 0. The van der Waals surface area contributed by atoms with Gasteiger partial charge in [-0.25, -0.2) is 0 Å². The second-order valence-corrected chi connectivity index (χ2v) is 5.71. The average Bonchev–Trinajstić information content (AvgIpc) is 2.85. The third-order valence-electron chi connectivity index (χ3n) is 4.67. The molecule has 0 radical (unpaired) electrons. The van der Waals surface area contributed by atoms with Gasteiger partial charge in [0, 0.05) is 0 Å². The lowest BCUT2D eigenvalue weighted by atomic mass is 9.89. The van der Waals surface area contributed by atoms with Crippen molar-refractivity contribution in [2.45, 2.75) is 12.8 Å². The number of aryl methyl sites for hydroxylation is 1. The van der Waals surface area contributed by atoms with Crippen LogP contribution in [-0.4, -0.2) is 0 Å². The zero-order valence-electron chi connectivity index (χ0n) is 11.2. The van der Waals surface area contributed by atoms with Crippen LogP contribution in [0.4, 0.5) is 0 Å². The number of rotatable bonds is 0. The van der Waals surface area contributed by atoms with E-state index in [2.05, 4.69) is 60.7 Å². The van der Waals surface area contributed by atoms with E-state index in [4.69, 9.17) is 0 Å². The van der Waals surface area contributed by atoms with Gasteiger partial charge in [-0.2, -0.15) is 0 Å². The monoisotopic (exact) mass is 254 g/mol. The standard InChI is InChI=1S/C20H14/c1-2-8-15-13(5-1)11-12-17-16-9-3-6-14-7-4-10-18(19(14)16)20(15)17/h1-3,5-6,8-12H,4,7H2. The lowest BCUT2D eigenvalue weighted by Gasteiger charge is -2.15. The zero-order valence-corrected chi connectivity index (χ0v) is 11.2. The summed E-state index contributed by atoms with van der Waals surface area (Å²) in [5, 5.41) is 2.73. The smallest absolute Gasteiger partial charge is 0.00235 e. The van der Waals surface area contributed by atoms with Crippen molar-refractivity contribution in [1.29, 1.82) is 0 Å². The highest BCUT2D eigenvalue weighted by atomic mass is 14.3. The third-order valence-corrected chi connectivity index (χ3v) is 4.67. The van der Waals surface area contributed by atoms with Crippen LogP contribution in [0.25, 0.3) is 27.5 Å². The highest BCUT2D eigenvalue weighted by Gasteiger charge is 2.28. The van der Waals surface area contributed by atoms with Crippen LogP contribution in [-0.2, 0) is 6.42 Å². The van der Waals surface area contributed by atoms with E-state index in [-0.39, 0.29) is 0 Å². The van der Waals surface area contributed by atoms with Crippen molar-refractivity contribution in [3.05, 3.63) is 77.4 Å². The van der Waals surface area contributed by atoms with E-state index in [1.54, 1.807) is 0 Å². The van der Waals surface area contributed by atoms with Crippen molar-refractivity contribution in [1.82, 2.24) is 0 Å². The van der Waals surface area contributed by atoms with Gasteiger partial charge < -0.3 is 0 Å². The van der Waals surface area contributed by atoms with Gasteiger partial charge in [0.05, 0.1) is 0 Å². The van der Waals surface area contributed by atoms with Gasteiger partial charge in [0.15, 0.2) is 0 Å². The molecule has 0 saturated heterocycles. The van der Waals surface area contributed by atoms with E-state index in [0.717, 1.165) is 6.42 Å². The molecule has 94 valence electrons. The topological polar surface area (TPSA) is 0 Å². The maximum atomic E-state index is 2.43. The van der Waals surface area contributed by atoms with Crippen molar-refractivity contribution >= 4 is 16.3 Å². The van der Waals surface area contributed by atoms with Crippen LogP contribution in [0.1, 0.15) is 23.1 Å². The zero-order chi connectivity index (χ0) is 13.1. The third kappa shape index (κ3) is 1.17. The fraction of sp³-hybridized carbons (Fsp3) is 0.100. The predicted octanol–water partition coefficient (Wildman–Crippen LogP) is 5.20. The molecule has 0 aromatic heterocycles. The van der Waals surface area contributed by atoms with Crippen molar-refractivity contribution in [3.63, 3.8) is 0 Å². The Balaban J connectivity index is 2.00. The Morgan fingerprint density at radius 2 is 1.60 bits per heavy atom. The molecule has 0 aliphatic heterocycles. The molecule has 0 heteroatoms. The Morgan fingerprint density at radius 1 is 0.700 bits per heavy atom. The lowest BCUT2D eigenvalue weighted by molar-refractivity contribution is 0.982. The van der Waals surface area contributed by atoms with Gasteiger partial charge >= 0.3 is 0 Å². The summed E-state index contributed by atoms with van der Waals surface area (Å²) in [7, 11) is 0. The molecule has 5 rings (SSSR count). The van der Waals surface area contributed by atoms with Crippen LogP contribution in [0.2, 0.25) is 0 Å². The van der Waals surface area contributed by atoms with Crippen LogP contribution >= 0.6 is 0 Å². The van der Waals surface area contributed by atoms with Crippen LogP contribution in [0.5, 0.6) is 0 Å². The Labute approximate surface area is 118 Å².